The van der Waals surface area contributed by atoms with E-state index in [9.17, 15) is 43.1 Å². The lowest BCUT2D eigenvalue weighted by Gasteiger charge is -2.43. The summed E-state index contributed by atoms with van der Waals surface area (Å²) in [6, 6.07) is 12.4. The number of phenolic OH excluding ortho intramolecular Hbond substituents is 1. The number of thioether (sulfide) groups is 1. The molecule has 0 radical (unpaired) electrons. The summed E-state index contributed by atoms with van der Waals surface area (Å²) < 4.78 is 14.4. The van der Waals surface area contributed by atoms with E-state index in [1.165, 1.54) is 40.3 Å². The van der Waals surface area contributed by atoms with Crippen LogP contribution in [0.1, 0.15) is 106 Å². The van der Waals surface area contributed by atoms with Crippen molar-refractivity contribution in [2.24, 2.45) is 0 Å². The second kappa shape index (κ2) is 20.0. The first-order valence-corrected chi connectivity index (χ1v) is 24.7. The number of phenols is 1. The smallest absolute Gasteiger partial charge is 0.263 e. The number of nitrogens with one attached hydrogen (secondary N) is 2. The number of imide groups is 2. The molecule has 0 saturated carbocycles. The van der Waals surface area contributed by atoms with Crippen LogP contribution in [-0.2, 0) is 25.7 Å². The first-order chi connectivity index (χ1) is 32.4. The summed E-state index contributed by atoms with van der Waals surface area (Å²) in [6.07, 6.45) is 7.59. The molecule has 16 nitrogen and oxygen atoms in total. The number of carbonyl (C=O) groups excluding carboxylic acids is 7. The van der Waals surface area contributed by atoms with Crippen LogP contribution in [0.5, 0.6) is 5.75 Å². The topological polar surface area (TPSA) is 193 Å². The summed E-state index contributed by atoms with van der Waals surface area (Å²) in [5.74, 6) is -3.06. The standard InChI is InChI=1S/C48H51FN8O8S2/c49-30-10-13-37(58)35(26-30)42(44(62)52-48-50-17-25-67-48)56-28-29-9-11-32(27-34(29)45(56)63)53-18-15-31(16-19-53)54-20-22-55(23-21-54)40(60)8-3-1-2-4-24-66-38-7-5-6-33-41(38)47(65)57(46(33)64)36-12-14-39(59)51-43(36)61/h5-7,9-11,13,17,25-27,31,36,42,58H,1-4,8,12,14-16,18-24,28H2,(H,50,52,62)(H,51,59,61). The first-order valence-electron chi connectivity index (χ1n) is 22.8. The van der Waals surface area contributed by atoms with E-state index in [1.54, 1.807) is 17.5 Å². The number of aromatic hydroxyl groups is 1. The monoisotopic (exact) mass is 950 g/mol. The van der Waals surface area contributed by atoms with E-state index in [1.807, 2.05) is 29.2 Å². The number of halogens is 1. The lowest BCUT2D eigenvalue weighted by Crippen LogP contribution is -2.54. The van der Waals surface area contributed by atoms with Crippen molar-refractivity contribution in [1.82, 2.24) is 29.9 Å². The lowest BCUT2D eigenvalue weighted by molar-refractivity contribution is -0.136. The van der Waals surface area contributed by atoms with Gasteiger partial charge in [-0.15, -0.1) is 23.1 Å². The number of anilines is 2. The number of benzene rings is 3. The van der Waals surface area contributed by atoms with E-state index >= 15 is 0 Å². The summed E-state index contributed by atoms with van der Waals surface area (Å²) in [7, 11) is 0. The maximum absolute atomic E-state index is 14.4. The fraction of sp³-hybridized carbons (Fsp3) is 0.417. The molecule has 6 heterocycles. The number of fused-ring (bicyclic) bond motifs is 2. The molecule has 3 aromatic carbocycles. The van der Waals surface area contributed by atoms with Gasteiger partial charge in [0, 0.05) is 98.0 Å². The Bertz CT molecular complexity index is 2600. The average molecular weight is 951 g/mol. The third kappa shape index (κ3) is 9.67. The number of piperazine rings is 1. The molecule has 2 unspecified atom stereocenters. The Morgan fingerprint density at radius 1 is 0.881 bits per heavy atom. The molecule has 3 fully saturated rings. The highest BCUT2D eigenvalue weighted by molar-refractivity contribution is 7.99. The van der Waals surface area contributed by atoms with Crippen LogP contribution in [0.4, 0.5) is 15.2 Å². The Balaban J connectivity index is 0.695. The van der Waals surface area contributed by atoms with Gasteiger partial charge >= 0.3 is 0 Å². The molecule has 2 atom stereocenters. The number of thiazole rings is 1. The predicted molar refractivity (Wildman–Crippen MR) is 248 cm³/mol. The molecule has 3 saturated heterocycles. The van der Waals surface area contributed by atoms with Crippen molar-refractivity contribution in [1.29, 1.82) is 0 Å². The second-order valence-electron chi connectivity index (χ2n) is 17.5. The highest BCUT2D eigenvalue weighted by Crippen LogP contribution is 2.39. The molecule has 67 heavy (non-hydrogen) atoms. The number of piperidine rings is 2. The van der Waals surface area contributed by atoms with E-state index in [2.05, 4.69) is 25.4 Å². The van der Waals surface area contributed by atoms with Gasteiger partial charge in [0.05, 0.1) is 11.1 Å². The van der Waals surface area contributed by atoms with E-state index in [0.717, 1.165) is 98.7 Å². The molecule has 7 amide bonds. The van der Waals surface area contributed by atoms with Crippen LogP contribution in [0, 0.1) is 5.82 Å². The Labute approximate surface area is 394 Å². The van der Waals surface area contributed by atoms with Crippen LogP contribution in [0.25, 0.3) is 0 Å². The van der Waals surface area contributed by atoms with Crippen LogP contribution >= 0.6 is 23.1 Å². The molecule has 0 aliphatic carbocycles. The summed E-state index contributed by atoms with van der Waals surface area (Å²) >= 11 is 2.71. The van der Waals surface area contributed by atoms with Crippen molar-refractivity contribution >= 4 is 75.3 Å². The normalized spacial score (nSPS) is 19.5. The minimum atomic E-state index is -1.30. The Morgan fingerprint density at radius 2 is 1.67 bits per heavy atom. The van der Waals surface area contributed by atoms with Gasteiger partial charge in [0.15, 0.2) is 5.13 Å². The predicted octanol–water partition coefficient (Wildman–Crippen LogP) is 5.58. The molecule has 0 spiro atoms. The zero-order valence-electron chi connectivity index (χ0n) is 36.8. The Hall–Kier alpha value is -6.18. The number of rotatable bonds is 15. The fourth-order valence-corrected chi connectivity index (χ4v) is 11.5. The summed E-state index contributed by atoms with van der Waals surface area (Å²) in [5.41, 5.74) is 2.70. The fourth-order valence-electron chi connectivity index (χ4n) is 9.87. The highest BCUT2D eigenvalue weighted by atomic mass is 32.2. The first kappa shape index (κ1) is 46.0. The molecule has 9 rings (SSSR count). The van der Waals surface area contributed by atoms with Gasteiger partial charge < -0.3 is 19.8 Å². The zero-order valence-corrected chi connectivity index (χ0v) is 38.4. The zero-order chi connectivity index (χ0) is 46.8. The summed E-state index contributed by atoms with van der Waals surface area (Å²) in [5, 5.41) is 17.7. The molecule has 4 aromatic rings. The van der Waals surface area contributed by atoms with Crippen LogP contribution in [0.3, 0.4) is 0 Å². The maximum Gasteiger partial charge on any atom is 0.263 e. The molecule has 0 bridgehead atoms. The minimum Gasteiger partial charge on any atom is -0.508 e. The second-order valence-corrected chi connectivity index (χ2v) is 19.5. The molecule has 3 N–H and O–H groups in total. The van der Waals surface area contributed by atoms with Gasteiger partial charge in [-0.05, 0) is 85.9 Å². The number of hydrogen-bond acceptors (Lipinski definition) is 13. The Kier molecular flexibility index (Phi) is 13.7. The van der Waals surface area contributed by atoms with E-state index in [4.69, 9.17) is 0 Å². The quantitative estimate of drug-likeness (QED) is 0.0763. The molecular formula is C48H51FN8O8S2. The van der Waals surface area contributed by atoms with Gasteiger partial charge in [0.1, 0.15) is 23.7 Å². The number of carbonyl (C=O) groups is 7. The van der Waals surface area contributed by atoms with Gasteiger partial charge in [0.2, 0.25) is 17.7 Å². The maximum atomic E-state index is 14.4. The van der Waals surface area contributed by atoms with Crippen LogP contribution in [-0.4, -0.2) is 128 Å². The van der Waals surface area contributed by atoms with Gasteiger partial charge in [-0.2, -0.15) is 0 Å². The Morgan fingerprint density at radius 3 is 2.43 bits per heavy atom. The third-order valence-electron chi connectivity index (χ3n) is 13.4. The molecule has 5 aliphatic heterocycles. The van der Waals surface area contributed by atoms with E-state index in [-0.39, 0.29) is 48.1 Å². The molecular weight excluding hydrogens is 900 g/mol. The molecule has 5 aliphatic rings. The van der Waals surface area contributed by atoms with Crippen LogP contribution in [0.2, 0.25) is 0 Å². The molecule has 350 valence electrons. The summed E-state index contributed by atoms with van der Waals surface area (Å²) in [4.78, 5) is 105. The average Bonchev–Trinajstić information content (AvgIpc) is 4.03. The van der Waals surface area contributed by atoms with Gasteiger partial charge in [-0.1, -0.05) is 25.0 Å². The van der Waals surface area contributed by atoms with Crippen molar-refractivity contribution < 1.29 is 43.1 Å². The number of aromatic nitrogens is 1. The van der Waals surface area contributed by atoms with Gasteiger partial charge in [-0.3, -0.25) is 54.0 Å². The lowest BCUT2D eigenvalue weighted by atomic mass is 10.0. The van der Waals surface area contributed by atoms with Crippen molar-refractivity contribution in [3.05, 3.63) is 99.8 Å². The van der Waals surface area contributed by atoms with Crippen molar-refractivity contribution in [3.63, 3.8) is 0 Å². The van der Waals surface area contributed by atoms with Crippen LogP contribution in [0.15, 0.2) is 71.1 Å². The van der Waals surface area contributed by atoms with Crippen molar-refractivity contribution in [2.45, 2.75) is 87.4 Å². The van der Waals surface area contributed by atoms with E-state index < -0.39 is 47.4 Å². The largest absolute Gasteiger partial charge is 0.508 e. The van der Waals surface area contributed by atoms with Crippen molar-refractivity contribution in [3.8, 4) is 5.75 Å². The minimum absolute atomic E-state index is 0.0130. The van der Waals surface area contributed by atoms with Gasteiger partial charge in [-0.25, -0.2) is 9.37 Å². The third-order valence-corrected chi connectivity index (χ3v) is 15.3. The number of nitrogens with zero attached hydrogens (tertiary/aromatic N) is 6. The SMILES string of the molecule is O=C1CCC(N2C(=O)c3cccc(SCCCCCCC(=O)N4CCN(C5CCN(c6ccc7c(c6)C(=O)N(C(C(=O)Nc6nccs6)c6cc(F)ccc6O)C7)CC5)CC4)c3C2=O)C(=O)N1. The number of amides is 7. The molecule has 19 heteroatoms. The number of hydrogen-bond donors (Lipinski definition) is 3. The van der Waals surface area contributed by atoms with Crippen LogP contribution < -0.4 is 15.5 Å². The highest BCUT2D eigenvalue weighted by Gasteiger charge is 2.46. The van der Waals surface area contributed by atoms with E-state index in [0.29, 0.717) is 46.7 Å². The summed E-state index contributed by atoms with van der Waals surface area (Å²) in [6.45, 7) is 4.72. The molecule has 1 aromatic heterocycles. The number of unbranched alkanes of at least 4 members (excludes halogenated alkanes) is 3. The van der Waals surface area contributed by atoms with Crippen molar-refractivity contribution in [2.75, 3.05) is 55.2 Å². The van der Waals surface area contributed by atoms with Gasteiger partial charge in [0.25, 0.3) is 23.6 Å².